The maximum atomic E-state index is 13.0. The van der Waals surface area contributed by atoms with Gasteiger partial charge in [-0.05, 0) is 36.4 Å². The molecule has 3 heterocycles. The number of hydrogen-bond donors (Lipinski definition) is 1. The number of pyridine rings is 1. The fourth-order valence-electron chi connectivity index (χ4n) is 2.18. The maximum absolute atomic E-state index is 13.0. The summed E-state index contributed by atoms with van der Waals surface area (Å²) >= 11 is 0. The van der Waals surface area contributed by atoms with Gasteiger partial charge in [-0.2, -0.15) is 4.98 Å². The molecule has 0 radical (unpaired) electrons. The highest BCUT2D eigenvalue weighted by Crippen LogP contribution is 2.24. The van der Waals surface area contributed by atoms with E-state index < -0.39 is 5.82 Å². The monoisotopic (exact) mass is 334 g/mol. The average molecular weight is 334 g/mol. The van der Waals surface area contributed by atoms with E-state index in [4.69, 9.17) is 4.52 Å². The van der Waals surface area contributed by atoms with Crippen LogP contribution in [0, 0.1) is 5.82 Å². The van der Waals surface area contributed by atoms with Gasteiger partial charge in [0.1, 0.15) is 11.5 Å². The van der Waals surface area contributed by atoms with Crippen molar-refractivity contribution in [3.8, 4) is 23.0 Å². The Bertz CT molecular complexity index is 987. The molecule has 0 fully saturated rings. The Morgan fingerprint density at radius 2 is 1.84 bits per heavy atom. The molecular weight excluding hydrogens is 323 g/mol. The minimum Gasteiger partial charge on any atom is -0.334 e. The second-order valence-corrected chi connectivity index (χ2v) is 5.06. The van der Waals surface area contributed by atoms with E-state index in [2.05, 4.69) is 30.4 Å². The quantitative estimate of drug-likeness (QED) is 0.611. The molecule has 122 valence electrons. The first-order valence-corrected chi connectivity index (χ1v) is 7.38. The molecule has 0 saturated carbocycles. The number of benzene rings is 1. The van der Waals surface area contributed by atoms with Crippen LogP contribution >= 0.6 is 0 Å². The van der Waals surface area contributed by atoms with Crippen LogP contribution in [-0.2, 0) is 0 Å². The largest absolute Gasteiger partial charge is 0.334 e. The van der Waals surface area contributed by atoms with Crippen LogP contribution in [0.1, 0.15) is 0 Å². The molecule has 7 nitrogen and oxygen atoms in total. The second kappa shape index (κ2) is 6.44. The summed E-state index contributed by atoms with van der Waals surface area (Å²) in [6.45, 7) is 0. The lowest BCUT2D eigenvalue weighted by Gasteiger charge is -2.04. The predicted octanol–water partition coefficient (Wildman–Crippen LogP) is 3.47. The van der Waals surface area contributed by atoms with Gasteiger partial charge in [0.2, 0.25) is 11.8 Å². The van der Waals surface area contributed by atoms with Crippen molar-refractivity contribution in [3.05, 3.63) is 66.9 Å². The highest BCUT2D eigenvalue weighted by Gasteiger charge is 2.12. The number of anilines is 2. The van der Waals surface area contributed by atoms with Crippen LogP contribution in [0.4, 0.5) is 16.0 Å². The first kappa shape index (κ1) is 14.9. The van der Waals surface area contributed by atoms with Crippen molar-refractivity contribution in [1.29, 1.82) is 0 Å². The van der Waals surface area contributed by atoms with Crippen LogP contribution in [0.25, 0.3) is 23.0 Å². The highest BCUT2D eigenvalue weighted by molar-refractivity contribution is 5.65. The Morgan fingerprint density at radius 1 is 0.960 bits per heavy atom. The zero-order chi connectivity index (χ0) is 17.1. The van der Waals surface area contributed by atoms with Gasteiger partial charge >= 0.3 is 0 Å². The summed E-state index contributed by atoms with van der Waals surface area (Å²) in [6.07, 6.45) is 4.41. The van der Waals surface area contributed by atoms with Crippen molar-refractivity contribution in [1.82, 2.24) is 25.1 Å². The molecule has 1 aromatic carbocycles. The summed E-state index contributed by atoms with van der Waals surface area (Å²) in [7, 11) is 0. The summed E-state index contributed by atoms with van der Waals surface area (Å²) in [5.74, 6) is 0.689. The van der Waals surface area contributed by atoms with E-state index in [0.717, 1.165) is 17.4 Å². The molecule has 0 unspecified atom stereocenters. The van der Waals surface area contributed by atoms with E-state index in [1.165, 1.54) is 12.1 Å². The standard InChI is InChI=1S/C17H11FN6O/c18-12-5-6-14(21-10-12)15-23-16(25-24-15)11-3-1-4-13(9-11)22-17-19-7-2-8-20-17/h1-10H,(H,19,20,22). The molecule has 0 aliphatic heterocycles. The number of nitrogens with zero attached hydrogens (tertiary/aromatic N) is 5. The molecule has 8 heteroatoms. The van der Waals surface area contributed by atoms with E-state index in [0.29, 0.717) is 23.4 Å². The van der Waals surface area contributed by atoms with Crippen molar-refractivity contribution < 1.29 is 8.91 Å². The van der Waals surface area contributed by atoms with Gasteiger partial charge in [-0.25, -0.2) is 19.3 Å². The summed E-state index contributed by atoms with van der Waals surface area (Å²) in [5.41, 5.74) is 1.94. The van der Waals surface area contributed by atoms with Gasteiger partial charge in [0.25, 0.3) is 5.89 Å². The normalized spacial score (nSPS) is 10.6. The number of hydrogen-bond acceptors (Lipinski definition) is 7. The molecule has 0 aliphatic rings. The Balaban J connectivity index is 1.60. The van der Waals surface area contributed by atoms with Crippen molar-refractivity contribution in [2.24, 2.45) is 0 Å². The first-order valence-electron chi connectivity index (χ1n) is 7.38. The summed E-state index contributed by atoms with van der Waals surface area (Å²) in [5, 5.41) is 6.98. The van der Waals surface area contributed by atoms with Crippen LogP contribution in [0.2, 0.25) is 0 Å². The van der Waals surface area contributed by atoms with E-state index in [1.807, 2.05) is 24.3 Å². The average Bonchev–Trinajstić information content (AvgIpc) is 3.14. The molecule has 4 rings (SSSR count). The third-order valence-electron chi connectivity index (χ3n) is 3.31. The highest BCUT2D eigenvalue weighted by atomic mass is 19.1. The van der Waals surface area contributed by atoms with Gasteiger partial charge in [0, 0.05) is 23.6 Å². The van der Waals surface area contributed by atoms with Crippen LogP contribution < -0.4 is 5.32 Å². The van der Waals surface area contributed by atoms with E-state index in [1.54, 1.807) is 18.5 Å². The lowest BCUT2D eigenvalue weighted by molar-refractivity contribution is 0.432. The molecule has 0 aliphatic carbocycles. The molecular formula is C17H11FN6O. The first-order chi connectivity index (χ1) is 12.3. The molecule has 0 atom stereocenters. The summed E-state index contributed by atoms with van der Waals surface area (Å²) < 4.78 is 18.2. The van der Waals surface area contributed by atoms with E-state index in [-0.39, 0.29) is 0 Å². The van der Waals surface area contributed by atoms with Gasteiger partial charge in [0.15, 0.2) is 0 Å². The molecule has 0 bridgehead atoms. The molecule has 0 amide bonds. The van der Waals surface area contributed by atoms with Crippen LogP contribution in [0.5, 0.6) is 0 Å². The lowest BCUT2D eigenvalue weighted by atomic mass is 10.2. The fourth-order valence-corrected chi connectivity index (χ4v) is 2.18. The van der Waals surface area contributed by atoms with Gasteiger partial charge in [-0.3, -0.25) is 0 Å². The maximum Gasteiger partial charge on any atom is 0.258 e. The fraction of sp³-hybridized carbons (Fsp3) is 0. The number of nitrogens with one attached hydrogen (secondary N) is 1. The Hall–Kier alpha value is -3.68. The van der Waals surface area contributed by atoms with Gasteiger partial charge in [0.05, 0.1) is 6.20 Å². The zero-order valence-electron chi connectivity index (χ0n) is 12.8. The van der Waals surface area contributed by atoms with Crippen molar-refractivity contribution in [2.45, 2.75) is 0 Å². The third kappa shape index (κ3) is 3.32. The predicted molar refractivity (Wildman–Crippen MR) is 88.2 cm³/mol. The minimum atomic E-state index is -0.422. The summed E-state index contributed by atoms with van der Waals surface area (Å²) in [6, 6.07) is 11.9. The van der Waals surface area contributed by atoms with E-state index >= 15 is 0 Å². The van der Waals surface area contributed by atoms with Crippen LogP contribution in [-0.4, -0.2) is 25.1 Å². The van der Waals surface area contributed by atoms with Gasteiger partial charge in [-0.15, -0.1) is 0 Å². The molecule has 3 aromatic heterocycles. The van der Waals surface area contributed by atoms with Crippen molar-refractivity contribution in [3.63, 3.8) is 0 Å². The van der Waals surface area contributed by atoms with Crippen molar-refractivity contribution >= 4 is 11.6 Å². The third-order valence-corrected chi connectivity index (χ3v) is 3.31. The number of aromatic nitrogens is 5. The molecule has 25 heavy (non-hydrogen) atoms. The Kier molecular flexibility index (Phi) is 3.83. The van der Waals surface area contributed by atoms with Crippen molar-refractivity contribution in [2.75, 3.05) is 5.32 Å². The topological polar surface area (TPSA) is 89.6 Å². The molecule has 4 aromatic rings. The number of halogens is 1. The molecule has 0 spiro atoms. The second-order valence-electron chi connectivity index (χ2n) is 5.06. The van der Waals surface area contributed by atoms with Crippen LogP contribution in [0.15, 0.2) is 65.6 Å². The van der Waals surface area contributed by atoms with Gasteiger partial charge < -0.3 is 9.84 Å². The van der Waals surface area contributed by atoms with E-state index in [9.17, 15) is 4.39 Å². The Morgan fingerprint density at radius 3 is 2.64 bits per heavy atom. The van der Waals surface area contributed by atoms with Crippen LogP contribution in [0.3, 0.4) is 0 Å². The summed E-state index contributed by atoms with van der Waals surface area (Å²) in [4.78, 5) is 16.5. The zero-order valence-corrected chi connectivity index (χ0v) is 12.8. The number of rotatable bonds is 4. The SMILES string of the molecule is Fc1ccc(-c2noc(-c3cccc(Nc4ncccn4)c3)n2)nc1. The van der Waals surface area contributed by atoms with Gasteiger partial charge in [-0.1, -0.05) is 11.2 Å². The lowest BCUT2D eigenvalue weighted by Crippen LogP contribution is -1.95. The minimum absolute atomic E-state index is 0.291. The molecule has 1 N–H and O–H groups in total. The molecule has 0 saturated heterocycles. The Labute approximate surface area is 141 Å². The smallest absolute Gasteiger partial charge is 0.258 e.